The standard InChI is InChI=1S/C14H17N5.2ClH/c15-13-11(8-18-14(16)19-13)7-9-3-4-12-10(6-9)2-1-5-17-12;;/h3-4,6,8,17H,1-2,5,7H2,(H4,15,16,18,19);2*1H. The Morgan fingerprint density at radius 1 is 1.19 bits per heavy atom. The molecule has 114 valence electrons. The Morgan fingerprint density at radius 3 is 2.76 bits per heavy atom. The Hall–Kier alpha value is -1.72. The van der Waals surface area contributed by atoms with Gasteiger partial charge >= 0.3 is 0 Å². The van der Waals surface area contributed by atoms with Gasteiger partial charge in [0.2, 0.25) is 5.95 Å². The minimum absolute atomic E-state index is 0. The minimum Gasteiger partial charge on any atom is -0.385 e. The Balaban J connectivity index is 0.00000110. The Labute approximate surface area is 136 Å². The van der Waals surface area contributed by atoms with Crippen molar-refractivity contribution >= 4 is 42.3 Å². The number of nitrogens with zero attached hydrogens (tertiary/aromatic N) is 2. The molecule has 2 heterocycles. The predicted molar refractivity (Wildman–Crippen MR) is 91.4 cm³/mol. The summed E-state index contributed by atoms with van der Waals surface area (Å²) in [5, 5.41) is 3.41. The van der Waals surface area contributed by atoms with Gasteiger partial charge in [0.15, 0.2) is 0 Å². The highest BCUT2D eigenvalue weighted by atomic mass is 35.5. The number of fused-ring (bicyclic) bond motifs is 1. The topological polar surface area (TPSA) is 89.8 Å². The van der Waals surface area contributed by atoms with Crippen LogP contribution in [0, 0.1) is 0 Å². The Morgan fingerprint density at radius 2 is 2.00 bits per heavy atom. The monoisotopic (exact) mass is 327 g/mol. The summed E-state index contributed by atoms with van der Waals surface area (Å²) in [6, 6.07) is 6.49. The molecule has 0 amide bonds. The lowest BCUT2D eigenvalue weighted by Crippen LogP contribution is -2.12. The second kappa shape index (κ2) is 7.33. The highest BCUT2D eigenvalue weighted by molar-refractivity contribution is 5.85. The molecule has 2 aromatic rings. The zero-order valence-electron chi connectivity index (χ0n) is 11.5. The van der Waals surface area contributed by atoms with E-state index in [4.69, 9.17) is 11.5 Å². The van der Waals surface area contributed by atoms with E-state index in [-0.39, 0.29) is 30.8 Å². The lowest BCUT2D eigenvalue weighted by atomic mass is 9.98. The smallest absolute Gasteiger partial charge is 0.221 e. The number of hydrogen-bond donors (Lipinski definition) is 3. The average Bonchev–Trinajstić information content (AvgIpc) is 2.42. The number of nitrogens with two attached hydrogens (primary N) is 2. The number of hydrogen-bond acceptors (Lipinski definition) is 5. The molecule has 1 aliphatic rings. The molecule has 0 spiro atoms. The number of nitrogens with one attached hydrogen (secondary N) is 1. The molecule has 1 aromatic carbocycles. The van der Waals surface area contributed by atoms with Crippen molar-refractivity contribution in [3.8, 4) is 0 Å². The quantitative estimate of drug-likeness (QED) is 0.788. The van der Waals surface area contributed by atoms with Crippen LogP contribution in [-0.4, -0.2) is 16.5 Å². The van der Waals surface area contributed by atoms with E-state index in [1.807, 2.05) is 0 Å². The minimum atomic E-state index is 0. The molecule has 21 heavy (non-hydrogen) atoms. The lowest BCUT2D eigenvalue weighted by Gasteiger charge is -2.18. The largest absolute Gasteiger partial charge is 0.385 e. The van der Waals surface area contributed by atoms with Crippen LogP contribution in [-0.2, 0) is 12.8 Å². The van der Waals surface area contributed by atoms with Crippen LogP contribution in [0.25, 0.3) is 0 Å². The molecule has 0 atom stereocenters. The molecule has 0 radical (unpaired) electrons. The van der Waals surface area contributed by atoms with Crippen molar-refractivity contribution in [2.24, 2.45) is 0 Å². The van der Waals surface area contributed by atoms with Gasteiger partial charge in [-0.05, 0) is 30.0 Å². The third kappa shape index (κ3) is 3.89. The molecule has 0 saturated heterocycles. The van der Waals surface area contributed by atoms with Crippen LogP contribution in [0.4, 0.5) is 17.5 Å². The predicted octanol–water partition coefficient (Wildman–Crippen LogP) is 2.43. The number of anilines is 3. The summed E-state index contributed by atoms with van der Waals surface area (Å²) in [4.78, 5) is 7.99. The number of aryl methyl sites for hydroxylation is 1. The van der Waals surface area contributed by atoms with Crippen molar-refractivity contribution in [3.63, 3.8) is 0 Å². The van der Waals surface area contributed by atoms with E-state index in [1.54, 1.807) is 6.20 Å². The normalized spacial score (nSPS) is 12.4. The van der Waals surface area contributed by atoms with E-state index < -0.39 is 0 Å². The highest BCUT2D eigenvalue weighted by Gasteiger charge is 2.10. The van der Waals surface area contributed by atoms with Gasteiger partial charge in [0.05, 0.1) is 0 Å². The van der Waals surface area contributed by atoms with Gasteiger partial charge in [-0.25, -0.2) is 4.98 Å². The van der Waals surface area contributed by atoms with E-state index in [0.29, 0.717) is 5.82 Å². The first-order chi connectivity index (χ1) is 9.22. The number of benzene rings is 1. The van der Waals surface area contributed by atoms with Crippen LogP contribution in [0.15, 0.2) is 24.4 Å². The highest BCUT2D eigenvalue weighted by Crippen LogP contribution is 2.24. The van der Waals surface area contributed by atoms with E-state index in [0.717, 1.165) is 24.9 Å². The van der Waals surface area contributed by atoms with Crippen molar-refractivity contribution in [1.29, 1.82) is 0 Å². The maximum absolute atomic E-state index is 5.86. The van der Waals surface area contributed by atoms with Gasteiger partial charge in [0, 0.05) is 30.4 Å². The van der Waals surface area contributed by atoms with Crippen molar-refractivity contribution in [2.75, 3.05) is 23.3 Å². The summed E-state index contributed by atoms with van der Waals surface area (Å²) in [6.07, 6.45) is 4.75. The molecule has 5 N–H and O–H groups in total. The fourth-order valence-corrected chi connectivity index (χ4v) is 2.43. The summed E-state index contributed by atoms with van der Waals surface area (Å²) in [6.45, 7) is 1.06. The molecule has 0 fully saturated rings. The first kappa shape index (κ1) is 17.3. The molecular weight excluding hydrogens is 309 g/mol. The van der Waals surface area contributed by atoms with Gasteiger partial charge in [-0.2, -0.15) is 4.98 Å². The molecule has 1 aliphatic heterocycles. The number of rotatable bonds is 2. The van der Waals surface area contributed by atoms with Crippen molar-refractivity contribution in [1.82, 2.24) is 9.97 Å². The van der Waals surface area contributed by atoms with Gasteiger partial charge < -0.3 is 16.8 Å². The second-order valence-corrected chi connectivity index (χ2v) is 4.84. The van der Waals surface area contributed by atoms with Crippen LogP contribution in [0.5, 0.6) is 0 Å². The number of aromatic nitrogens is 2. The van der Waals surface area contributed by atoms with Crippen LogP contribution in [0.3, 0.4) is 0 Å². The second-order valence-electron chi connectivity index (χ2n) is 4.84. The molecular formula is C14H19Cl2N5. The molecule has 0 bridgehead atoms. The lowest BCUT2D eigenvalue weighted by molar-refractivity contribution is 0.828. The van der Waals surface area contributed by atoms with Crippen molar-refractivity contribution in [3.05, 3.63) is 41.1 Å². The first-order valence-corrected chi connectivity index (χ1v) is 6.45. The SMILES string of the molecule is Cl.Cl.Nc1ncc(Cc2ccc3c(c2)CCCN3)c(N)n1. The zero-order valence-corrected chi connectivity index (χ0v) is 13.1. The summed E-state index contributed by atoms with van der Waals surface area (Å²) in [5.41, 5.74) is 16.1. The van der Waals surface area contributed by atoms with Crippen LogP contribution >= 0.6 is 24.8 Å². The average molecular weight is 328 g/mol. The van der Waals surface area contributed by atoms with E-state index >= 15 is 0 Å². The first-order valence-electron chi connectivity index (χ1n) is 6.45. The summed E-state index contributed by atoms with van der Waals surface area (Å²) >= 11 is 0. The summed E-state index contributed by atoms with van der Waals surface area (Å²) in [7, 11) is 0. The number of halogens is 2. The Bertz CT molecular complexity index is 618. The molecule has 0 unspecified atom stereocenters. The van der Waals surface area contributed by atoms with Crippen molar-refractivity contribution < 1.29 is 0 Å². The van der Waals surface area contributed by atoms with E-state index in [9.17, 15) is 0 Å². The molecule has 0 saturated carbocycles. The van der Waals surface area contributed by atoms with Gasteiger partial charge in [-0.15, -0.1) is 24.8 Å². The maximum Gasteiger partial charge on any atom is 0.221 e. The number of nitrogen functional groups attached to an aromatic ring is 2. The van der Waals surface area contributed by atoms with Gasteiger partial charge in [-0.1, -0.05) is 12.1 Å². The van der Waals surface area contributed by atoms with Gasteiger partial charge in [-0.3, -0.25) is 0 Å². The molecule has 0 aliphatic carbocycles. The van der Waals surface area contributed by atoms with Gasteiger partial charge in [0.25, 0.3) is 0 Å². The third-order valence-corrected chi connectivity index (χ3v) is 3.42. The fraction of sp³-hybridized carbons (Fsp3) is 0.286. The zero-order chi connectivity index (χ0) is 13.2. The third-order valence-electron chi connectivity index (χ3n) is 3.42. The van der Waals surface area contributed by atoms with Crippen LogP contribution in [0.2, 0.25) is 0 Å². The summed E-state index contributed by atoms with van der Waals surface area (Å²) < 4.78 is 0. The Kier molecular flexibility index (Phi) is 6.05. The van der Waals surface area contributed by atoms with E-state index in [2.05, 4.69) is 33.5 Å². The fourth-order valence-electron chi connectivity index (χ4n) is 2.43. The molecule has 3 rings (SSSR count). The van der Waals surface area contributed by atoms with Crippen LogP contribution < -0.4 is 16.8 Å². The van der Waals surface area contributed by atoms with Crippen LogP contribution in [0.1, 0.15) is 23.1 Å². The molecule has 5 nitrogen and oxygen atoms in total. The summed E-state index contributed by atoms with van der Waals surface area (Å²) in [5.74, 6) is 0.680. The molecule has 1 aromatic heterocycles. The molecule has 7 heteroatoms. The van der Waals surface area contributed by atoms with Gasteiger partial charge in [0.1, 0.15) is 5.82 Å². The van der Waals surface area contributed by atoms with Crippen molar-refractivity contribution in [2.45, 2.75) is 19.3 Å². The maximum atomic E-state index is 5.86. The van der Waals surface area contributed by atoms with E-state index in [1.165, 1.54) is 23.2 Å².